The van der Waals surface area contributed by atoms with E-state index in [0.717, 1.165) is 0 Å². The summed E-state index contributed by atoms with van der Waals surface area (Å²) in [5.74, 6) is -1.16. The molecule has 0 fully saturated rings. The van der Waals surface area contributed by atoms with Crippen molar-refractivity contribution in [2.24, 2.45) is 0 Å². The monoisotopic (exact) mass is 306 g/mol. The second kappa shape index (κ2) is 4.73. The maximum atomic E-state index is 13.3. The first kappa shape index (κ1) is 13.9. The number of nitrogens with one attached hydrogen (secondary N) is 1. The van der Waals surface area contributed by atoms with E-state index in [-0.39, 0.29) is 33.9 Å². The Balaban J connectivity index is 2.23. The number of nitriles is 1. The minimum atomic E-state index is -3.80. The van der Waals surface area contributed by atoms with Crippen molar-refractivity contribution in [3.05, 3.63) is 35.7 Å². The molecule has 0 spiro atoms. The van der Waals surface area contributed by atoms with E-state index in [0.29, 0.717) is 0 Å². The Bertz CT molecular complexity index is 808. The third kappa shape index (κ3) is 2.03. The first-order chi connectivity index (χ1) is 10.5. The molecule has 0 atom stereocenters. The molecule has 22 heavy (non-hydrogen) atoms. The maximum Gasteiger partial charge on any atom is 0.586 e. The Hall–Kier alpha value is -3.08. The number of halogens is 2. The largest absolute Gasteiger partial charge is 0.586 e. The fourth-order valence-corrected chi connectivity index (χ4v) is 2.22. The van der Waals surface area contributed by atoms with Gasteiger partial charge in [-0.1, -0.05) is 12.1 Å². The summed E-state index contributed by atoms with van der Waals surface area (Å²) in [6.07, 6.45) is -2.51. The van der Waals surface area contributed by atoms with Gasteiger partial charge in [0.1, 0.15) is 11.8 Å². The van der Waals surface area contributed by atoms with Crippen molar-refractivity contribution in [3.63, 3.8) is 0 Å². The molecule has 1 aliphatic heterocycles. The highest BCUT2D eigenvalue weighted by molar-refractivity contribution is 5.98. The van der Waals surface area contributed by atoms with Gasteiger partial charge in [-0.2, -0.15) is 5.26 Å². The van der Waals surface area contributed by atoms with E-state index in [4.69, 9.17) is 5.26 Å². The summed E-state index contributed by atoms with van der Waals surface area (Å²) < 4.78 is 40.0. The van der Waals surface area contributed by atoms with Crippen LogP contribution in [0.25, 0.3) is 11.1 Å². The molecule has 2 heterocycles. The number of benzene rings is 1. The quantitative estimate of drug-likeness (QED) is 0.862. The molecule has 0 saturated heterocycles. The van der Waals surface area contributed by atoms with Crippen LogP contribution in [0.1, 0.15) is 16.1 Å². The van der Waals surface area contributed by atoms with Gasteiger partial charge < -0.3 is 19.2 Å². The van der Waals surface area contributed by atoms with Gasteiger partial charge in [0.05, 0.1) is 12.7 Å². The topological polar surface area (TPSA) is 84.3 Å². The number of hydrogen-bond donors (Lipinski definition) is 1. The van der Waals surface area contributed by atoms with Crippen LogP contribution in [0.4, 0.5) is 8.78 Å². The van der Waals surface area contributed by atoms with Gasteiger partial charge in [0.25, 0.3) is 0 Å². The van der Waals surface area contributed by atoms with Gasteiger partial charge in [0.2, 0.25) is 0 Å². The highest BCUT2D eigenvalue weighted by Crippen LogP contribution is 2.48. The van der Waals surface area contributed by atoms with Crippen molar-refractivity contribution in [1.29, 1.82) is 5.26 Å². The number of methoxy groups -OCH3 is 1. The van der Waals surface area contributed by atoms with Crippen LogP contribution in [0, 0.1) is 11.3 Å². The van der Waals surface area contributed by atoms with Gasteiger partial charge in [-0.3, -0.25) is 0 Å². The number of carbonyl (C=O) groups is 1. The second-order valence-electron chi connectivity index (χ2n) is 4.36. The molecular weight excluding hydrogens is 298 g/mol. The van der Waals surface area contributed by atoms with Crippen LogP contribution >= 0.6 is 0 Å². The number of alkyl halides is 2. The highest BCUT2D eigenvalue weighted by Gasteiger charge is 2.45. The molecule has 1 aromatic carbocycles. The van der Waals surface area contributed by atoms with Gasteiger partial charge in [0.15, 0.2) is 11.5 Å². The number of esters is 1. The molecule has 6 nitrogen and oxygen atoms in total. The summed E-state index contributed by atoms with van der Waals surface area (Å²) in [5.41, 5.74) is 0.305. The van der Waals surface area contributed by atoms with Gasteiger partial charge in [-0.05, 0) is 6.07 Å². The number of carbonyl (C=O) groups excluding carboxylic acids is 1. The Morgan fingerprint density at radius 3 is 2.86 bits per heavy atom. The van der Waals surface area contributed by atoms with Gasteiger partial charge in [-0.15, -0.1) is 8.78 Å². The first-order valence-corrected chi connectivity index (χ1v) is 6.06. The number of para-hydroxylation sites is 1. The lowest BCUT2D eigenvalue weighted by atomic mass is 10.0. The third-order valence-corrected chi connectivity index (χ3v) is 3.09. The summed E-state index contributed by atoms with van der Waals surface area (Å²) in [7, 11) is 1.17. The van der Waals surface area contributed by atoms with Crippen LogP contribution in [0.15, 0.2) is 24.4 Å². The second-order valence-corrected chi connectivity index (χ2v) is 4.36. The van der Waals surface area contributed by atoms with E-state index < -0.39 is 12.3 Å². The Kier molecular flexibility index (Phi) is 2.99. The molecule has 3 rings (SSSR count). The molecule has 0 bridgehead atoms. The summed E-state index contributed by atoms with van der Waals surface area (Å²) in [4.78, 5) is 14.4. The van der Waals surface area contributed by atoms with Crippen LogP contribution < -0.4 is 9.47 Å². The van der Waals surface area contributed by atoms with Crippen LogP contribution in [0.3, 0.4) is 0 Å². The van der Waals surface area contributed by atoms with E-state index in [1.54, 1.807) is 0 Å². The van der Waals surface area contributed by atoms with E-state index in [9.17, 15) is 13.6 Å². The van der Waals surface area contributed by atoms with E-state index in [1.807, 2.05) is 6.07 Å². The standard InChI is InChI=1S/C14H8F2N2O4/c1-20-13(19)11-10(7(5-17)6-18-11)8-3-2-4-9-12(8)22-14(15,16)21-9/h2-4,6,18H,1H3. The maximum absolute atomic E-state index is 13.3. The molecule has 0 saturated carbocycles. The summed E-state index contributed by atoms with van der Waals surface area (Å²) in [6.45, 7) is 0. The lowest BCUT2D eigenvalue weighted by molar-refractivity contribution is -0.286. The van der Waals surface area contributed by atoms with E-state index in [2.05, 4.69) is 19.2 Å². The molecule has 1 aliphatic rings. The molecule has 1 N–H and O–H groups in total. The number of aromatic nitrogens is 1. The lowest BCUT2D eigenvalue weighted by Crippen LogP contribution is -2.26. The smallest absolute Gasteiger partial charge is 0.464 e. The molecule has 112 valence electrons. The molecule has 1 aromatic heterocycles. The minimum absolute atomic E-state index is 0.0359. The zero-order valence-electron chi connectivity index (χ0n) is 11.1. The molecule has 0 unspecified atom stereocenters. The van der Waals surface area contributed by atoms with Crippen molar-refractivity contribution >= 4 is 5.97 Å². The number of ether oxygens (including phenoxy) is 3. The van der Waals surface area contributed by atoms with Crippen molar-refractivity contribution in [2.75, 3.05) is 7.11 Å². The van der Waals surface area contributed by atoms with Gasteiger partial charge in [0, 0.05) is 17.3 Å². The summed E-state index contributed by atoms with van der Waals surface area (Å²) in [6, 6.07) is 6.08. The molecule has 0 radical (unpaired) electrons. The first-order valence-electron chi connectivity index (χ1n) is 6.06. The molecule has 8 heteroatoms. The fraction of sp³-hybridized carbons (Fsp3) is 0.143. The third-order valence-electron chi connectivity index (χ3n) is 3.09. The molecular formula is C14H8F2N2O4. The van der Waals surface area contributed by atoms with Crippen LogP contribution in [-0.2, 0) is 4.74 Å². The van der Waals surface area contributed by atoms with Gasteiger partial charge >= 0.3 is 12.3 Å². The zero-order chi connectivity index (χ0) is 15.9. The predicted molar refractivity (Wildman–Crippen MR) is 68.5 cm³/mol. The number of aromatic amines is 1. The lowest BCUT2D eigenvalue weighted by Gasteiger charge is -2.08. The SMILES string of the molecule is COC(=O)c1[nH]cc(C#N)c1-c1cccc2c1OC(F)(F)O2. The van der Waals surface area contributed by atoms with Crippen molar-refractivity contribution < 1.29 is 27.8 Å². The Morgan fingerprint density at radius 2 is 2.18 bits per heavy atom. The number of rotatable bonds is 2. The van der Waals surface area contributed by atoms with Crippen molar-refractivity contribution in [2.45, 2.75) is 6.29 Å². The number of H-pyrrole nitrogens is 1. The van der Waals surface area contributed by atoms with E-state index >= 15 is 0 Å². The molecule has 2 aromatic rings. The van der Waals surface area contributed by atoms with Crippen LogP contribution in [0.2, 0.25) is 0 Å². The van der Waals surface area contributed by atoms with Crippen molar-refractivity contribution in [3.8, 4) is 28.7 Å². The number of nitrogens with zero attached hydrogens (tertiary/aromatic N) is 1. The zero-order valence-corrected chi connectivity index (χ0v) is 11.1. The van der Waals surface area contributed by atoms with E-state index in [1.165, 1.54) is 31.5 Å². The molecule has 0 aliphatic carbocycles. The van der Waals surface area contributed by atoms with Crippen LogP contribution in [0.5, 0.6) is 11.5 Å². The predicted octanol–water partition coefficient (Wildman–Crippen LogP) is 2.66. The highest BCUT2D eigenvalue weighted by atomic mass is 19.3. The number of fused-ring (bicyclic) bond motifs is 1. The Labute approximate surface area is 122 Å². The van der Waals surface area contributed by atoms with Gasteiger partial charge in [-0.25, -0.2) is 4.79 Å². The fourth-order valence-electron chi connectivity index (χ4n) is 2.22. The summed E-state index contributed by atoms with van der Waals surface area (Å²) >= 11 is 0. The van der Waals surface area contributed by atoms with Crippen LogP contribution in [-0.4, -0.2) is 24.4 Å². The Morgan fingerprint density at radius 1 is 1.41 bits per heavy atom. The molecule has 0 amide bonds. The number of hydrogen-bond acceptors (Lipinski definition) is 5. The average Bonchev–Trinajstić information content (AvgIpc) is 3.04. The normalized spacial score (nSPS) is 14.5. The summed E-state index contributed by atoms with van der Waals surface area (Å²) in [5, 5.41) is 9.16. The van der Waals surface area contributed by atoms with Crippen molar-refractivity contribution in [1.82, 2.24) is 4.98 Å². The average molecular weight is 306 g/mol. The minimum Gasteiger partial charge on any atom is -0.464 e.